The molecule has 0 fully saturated rings. The van der Waals surface area contributed by atoms with Crippen molar-refractivity contribution in [3.63, 3.8) is 0 Å². The minimum Gasteiger partial charge on any atom is -0.475 e. The Morgan fingerprint density at radius 3 is 2.07 bits per heavy atom. The monoisotopic (exact) mass is 642 g/mol. The second-order valence-corrected chi connectivity index (χ2v) is 10.8. The number of alkyl halides is 6. The number of carbonyl (C=O) groups is 2. The molecule has 1 aliphatic heterocycles. The second-order valence-electron chi connectivity index (χ2n) is 8.81. The Bertz CT molecular complexity index is 1370. The number of rotatable bonds is 11. The normalized spacial score (nSPS) is 13.5. The molecule has 0 aliphatic carbocycles. The number of likely N-dealkylation sites (N-methyl/N-ethyl adjacent to an activating group) is 2. The van der Waals surface area contributed by atoms with Crippen LogP contribution >= 0.6 is 0 Å². The molecule has 2 aromatic carbocycles. The van der Waals surface area contributed by atoms with E-state index in [2.05, 4.69) is 15.0 Å². The number of carbonyl (C=O) groups excluding carboxylic acids is 1. The number of carboxylic acid groups (broad SMARTS) is 1. The Kier molecular flexibility index (Phi) is 12.3. The molecule has 238 valence electrons. The zero-order valence-electron chi connectivity index (χ0n) is 22.8. The second kappa shape index (κ2) is 15.0. The van der Waals surface area contributed by atoms with Gasteiger partial charge in [0.15, 0.2) is 0 Å². The van der Waals surface area contributed by atoms with Crippen LogP contribution in [-0.2, 0) is 30.9 Å². The van der Waals surface area contributed by atoms with Gasteiger partial charge in [-0.05, 0) is 29.8 Å². The van der Waals surface area contributed by atoms with Crippen LogP contribution in [0, 0.1) is 0 Å². The molecule has 0 saturated carbocycles. The molecule has 0 radical (unpaired) electrons. The van der Waals surface area contributed by atoms with Crippen LogP contribution in [0.1, 0.15) is 11.1 Å². The van der Waals surface area contributed by atoms with Crippen molar-refractivity contribution in [2.45, 2.75) is 24.0 Å². The molecular formula is C25H28F6N4O7S. The largest absolute Gasteiger partial charge is 0.573 e. The molecule has 0 saturated heterocycles. The molecular weight excluding hydrogens is 614 g/mol. The molecule has 1 amide bonds. The fourth-order valence-corrected chi connectivity index (χ4v) is 4.45. The van der Waals surface area contributed by atoms with E-state index >= 15 is 0 Å². The summed E-state index contributed by atoms with van der Waals surface area (Å²) in [6, 6.07) is 11.6. The van der Waals surface area contributed by atoms with Gasteiger partial charge in [0.2, 0.25) is 15.9 Å². The van der Waals surface area contributed by atoms with Crippen LogP contribution in [0.25, 0.3) is 0 Å². The first kappa shape index (κ1) is 35.3. The van der Waals surface area contributed by atoms with Gasteiger partial charge in [-0.15, -0.1) is 13.2 Å². The third-order valence-electron chi connectivity index (χ3n) is 5.53. The molecule has 3 rings (SSSR count). The van der Waals surface area contributed by atoms with E-state index in [1.54, 1.807) is 7.05 Å². The molecule has 0 unspecified atom stereocenters. The first-order chi connectivity index (χ1) is 19.9. The van der Waals surface area contributed by atoms with Gasteiger partial charge in [-0.2, -0.15) is 17.5 Å². The fourth-order valence-electron chi connectivity index (χ4n) is 3.30. The number of sulfonamides is 1. The summed E-state index contributed by atoms with van der Waals surface area (Å²) in [5.74, 6) is -2.69. The van der Waals surface area contributed by atoms with Crippen LogP contribution in [0.2, 0.25) is 0 Å². The molecule has 43 heavy (non-hydrogen) atoms. The lowest BCUT2D eigenvalue weighted by Crippen LogP contribution is -2.33. The van der Waals surface area contributed by atoms with Crippen LogP contribution in [0.15, 0.2) is 58.4 Å². The zero-order valence-corrected chi connectivity index (χ0v) is 23.6. The van der Waals surface area contributed by atoms with Crippen molar-refractivity contribution in [3.8, 4) is 5.75 Å². The summed E-state index contributed by atoms with van der Waals surface area (Å²) >= 11 is 0. The number of nitrogens with zero attached hydrogens (tertiary/aromatic N) is 3. The average molecular weight is 643 g/mol. The summed E-state index contributed by atoms with van der Waals surface area (Å²) in [5.41, 5.74) is 1.92. The van der Waals surface area contributed by atoms with Crippen molar-refractivity contribution in [2.24, 2.45) is 4.99 Å². The number of aliphatic carboxylic acids is 1. The predicted octanol–water partition coefficient (Wildman–Crippen LogP) is 2.86. The van der Waals surface area contributed by atoms with Crippen LogP contribution in [-0.4, -0.2) is 99.9 Å². The molecule has 0 spiro atoms. The summed E-state index contributed by atoms with van der Waals surface area (Å²) in [6.45, 7) is 1.62. The lowest BCUT2D eigenvalue weighted by atomic mass is 10.1. The van der Waals surface area contributed by atoms with Gasteiger partial charge in [0.05, 0.1) is 18.0 Å². The number of hydrogen-bond donors (Lipinski definition) is 2. The molecule has 1 aliphatic rings. The molecule has 2 N–H and O–H groups in total. The number of ether oxygens (including phenoxy) is 2. The summed E-state index contributed by atoms with van der Waals surface area (Å²) in [6.07, 6.45) is -9.95. The van der Waals surface area contributed by atoms with E-state index in [0.29, 0.717) is 6.54 Å². The number of nitrogens with one attached hydrogen (secondary N) is 1. The Hall–Kier alpha value is -3.90. The number of hydrogen-bond acceptors (Lipinski definition) is 8. The average Bonchev–Trinajstić information content (AvgIpc) is 3.45. The number of amides is 1. The van der Waals surface area contributed by atoms with Crippen molar-refractivity contribution in [1.82, 2.24) is 14.5 Å². The topological polar surface area (TPSA) is 138 Å². The Labute approximate surface area is 242 Å². The first-order valence-electron chi connectivity index (χ1n) is 12.2. The highest BCUT2D eigenvalue weighted by atomic mass is 32.2. The van der Waals surface area contributed by atoms with Crippen LogP contribution in [0.3, 0.4) is 0 Å². The summed E-state index contributed by atoms with van der Waals surface area (Å²) in [5, 5.41) is 10.3. The summed E-state index contributed by atoms with van der Waals surface area (Å²) in [7, 11) is -1.01. The van der Waals surface area contributed by atoms with Crippen molar-refractivity contribution in [3.05, 3.63) is 59.7 Å². The maximum Gasteiger partial charge on any atom is 0.573 e. The Morgan fingerprint density at radius 1 is 1.00 bits per heavy atom. The third-order valence-corrected chi connectivity index (χ3v) is 7.40. The first-order valence-corrected chi connectivity index (χ1v) is 13.7. The number of halogens is 6. The molecule has 18 heteroatoms. The number of aliphatic imine (C=N–C) groups is 1. The molecule has 2 aromatic rings. The predicted molar refractivity (Wildman–Crippen MR) is 140 cm³/mol. The minimum atomic E-state index is -5.08. The van der Waals surface area contributed by atoms with E-state index in [0.717, 1.165) is 58.6 Å². The van der Waals surface area contributed by atoms with Crippen LogP contribution in [0.5, 0.6) is 5.75 Å². The van der Waals surface area contributed by atoms with Gasteiger partial charge < -0.3 is 24.8 Å². The smallest absolute Gasteiger partial charge is 0.475 e. The Morgan fingerprint density at radius 2 is 1.58 bits per heavy atom. The van der Waals surface area contributed by atoms with Crippen LogP contribution in [0.4, 0.5) is 26.3 Å². The summed E-state index contributed by atoms with van der Waals surface area (Å²) < 4.78 is 104. The molecule has 0 aromatic heterocycles. The van der Waals surface area contributed by atoms with Crippen molar-refractivity contribution in [2.75, 3.05) is 46.9 Å². The van der Waals surface area contributed by atoms with Gasteiger partial charge in [0, 0.05) is 39.3 Å². The highest BCUT2D eigenvalue weighted by Gasteiger charge is 2.38. The van der Waals surface area contributed by atoms with Gasteiger partial charge in [-0.3, -0.25) is 9.79 Å². The van der Waals surface area contributed by atoms with Crippen LogP contribution < -0.4 is 10.1 Å². The number of carboxylic acids is 1. The maximum absolute atomic E-state index is 12.6. The van der Waals surface area contributed by atoms with E-state index in [9.17, 15) is 39.6 Å². The van der Waals surface area contributed by atoms with E-state index in [1.807, 2.05) is 24.3 Å². The van der Waals surface area contributed by atoms with Gasteiger partial charge in [-0.1, -0.05) is 24.3 Å². The van der Waals surface area contributed by atoms with E-state index in [1.165, 1.54) is 11.9 Å². The molecule has 11 nitrogen and oxygen atoms in total. The van der Waals surface area contributed by atoms with Gasteiger partial charge in [-0.25, -0.2) is 13.2 Å². The third kappa shape index (κ3) is 11.7. The highest BCUT2D eigenvalue weighted by molar-refractivity contribution is 7.89. The van der Waals surface area contributed by atoms with Gasteiger partial charge >= 0.3 is 18.5 Å². The molecule has 0 atom stereocenters. The Balaban J connectivity index is 0.000000821. The van der Waals surface area contributed by atoms with E-state index in [4.69, 9.17) is 14.6 Å². The maximum atomic E-state index is 12.6. The fraction of sp³-hybridized carbons (Fsp3) is 0.400. The number of benzene rings is 2. The highest BCUT2D eigenvalue weighted by Crippen LogP contribution is 2.24. The SMILES string of the molecule is CN(Cc1ccc(C2=NCCN2)cc1)C(=O)COCCN(C)S(=O)(=O)c1ccc(OC(F)(F)F)cc1.O=C(O)C(F)(F)F. The van der Waals surface area contributed by atoms with Crippen molar-refractivity contribution < 1.29 is 58.9 Å². The van der Waals surface area contributed by atoms with Gasteiger partial charge in [0.1, 0.15) is 18.2 Å². The molecule has 0 bridgehead atoms. The quantitative estimate of drug-likeness (QED) is 0.282. The molecule has 1 heterocycles. The van der Waals surface area contributed by atoms with Gasteiger partial charge in [0.25, 0.3) is 0 Å². The minimum absolute atomic E-state index is 0.0472. The van der Waals surface area contributed by atoms with E-state index < -0.39 is 34.3 Å². The zero-order chi connectivity index (χ0) is 32.4. The lowest BCUT2D eigenvalue weighted by molar-refractivity contribution is -0.274. The standard InChI is InChI=1S/C23H27F3N4O5S.C2HF3O2/c1-29(15-17-3-5-18(6-4-17)22-27-11-12-28-22)21(31)16-34-14-13-30(2)36(32,33)20-9-7-19(8-10-20)35-23(24,25)26;3-2(4,5)1(6)7/h3-10H,11-16H2,1-2H3,(H,27,28);(H,6,7). The van der Waals surface area contributed by atoms with Crippen molar-refractivity contribution >= 4 is 27.7 Å². The van der Waals surface area contributed by atoms with Crippen molar-refractivity contribution in [1.29, 1.82) is 0 Å². The van der Waals surface area contributed by atoms with E-state index in [-0.39, 0.29) is 30.6 Å². The number of amidine groups is 1. The lowest BCUT2D eigenvalue weighted by Gasteiger charge is -2.19. The summed E-state index contributed by atoms with van der Waals surface area (Å²) in [4.78, 5) is 26.9.